The average molecular weight is 301 g/mol. The Kier molecular flexibility index (Phi) is 5.41. The molecule has 0 aromatic heterocycles. The highest BCUT2D eigenvalue weighted by Gasteiger charge is 2.33. The third-order valence-electron chi connectivity index (χ3n) is 3.04. The highest BCUT2D eigenvalue weighted by molar-refractivity contribution is 5.85. The van der Waals surface area contributed by atoms with E-state index in [1.54, 1.807) is 6.07 Å². The third kappa shape index (κ3) is 4.51. The van der Waals surface area contributed by atoms with Gasteiger partial charge in [0.15, 0.2) is 0 Å². The predicted molar refractivity (Wildman–Crippen MR) is 76.3 cm³/mol. The molecule has 0 aliphatic carbocycles. The summed E-state index contributed by atoms with van der Waals surface area (Å²) in [5.41, 5.74) is -0.530. The van der Waals surface area contributed by atoms with E-state index in [9.17, 15) is 18.0 Å². The quantitative estimate of drug-likeness (QED) is 0.834. The van der Waals surface area contributed by atoms with Crippen LogP contribution in [0.15, 0.2) is 24.3 Å². The second-order valence-electron chi connectivity index (χ2n) is 4.82. The molecule has 0 radical (unpaired) electrons. The second kappa shape index (κ2) is 6.65. The maximum Gasteiger partial charge on any atom is 0.417 e. The molecule has 0 atom stereocenters. The largest absolute Gasteiger partial charge is 0.478 e. The van der Waals surface area contributed by atoms with Crippen molar-refractivity contribution in [3.05, 3.63) is 35.4 Å². The van der Waals surface area contributed by atoms with Gasteiger partial charge in [-0.25, -0.2) is 4.79 Å². The van der Waals surface area contributed by atoms with Crippen LogP contribution in [-0.4, -0.2) is 23.7 Å². The number of rotatable bonds is 5. The maximum atomic E-state index is 13.1. The van der Waals surface area contributed by atoms with Crippen molar-refractivity contribution in [2.45, 2.75) is 33.0 Å². The molecule has 0 unspecified atom stereocenters. The zero-order valence-electron chi connectivity index (χ0n) is 12.1. The van der Waals surface area contributed by atoms with Gasteiger partial charge in [-0.2, -0.15) is 13.2 Å². The summed E-state index contributed by atoms with van der Waals surface area (Å²) in [4.78, 5) is 12.3. The molecule has 1 rings (SSSR count). The lowest BCUT2D eigenvalue weighted by Crippen LogP contribution is -2.30. The summed E-state index contributed by atoms with van der Waals surface area (Å²) in [7, 11) is 0. The fraction of sp³-hybridized carbons (Fsp3) is 0.400. The number of carbonyl (C=O) groups is 1. The first-order valence-electron chi connectivity index (χ1n) is 6.55. The van der Waals surface area contributed by atoms with E-state index in [0.717, 1.165) is 12.1 Å². The van der Waals surface area contributed by atoms with Gasteiger partial charge in [0, 0.05) is 24.4 Å². The molecule has 21 heavy (non-hydrogen) atoms. The lowest BCUT2D eigenvalue weighted by atomic mass is 10.0. The summed E-state index contributed by atoms with van der Waals surface area (Å²) in [6, 6.07) is 3.99. The number of hydrogen-bond acceptors (Lipinski definition) is 2. The van der Waals surface area contributed by atoms with Crippen molar-refractivity contribution in [1.29, 1.82) is 0 Å². The van der Waals surface area contributed by atoms with Crippen LogP contribution < -0.4 is 4.90 Å². The SMILES string of the molecule is CCN(c1ccc(/C=C/C(=O)O)c(C(F)(F)F)c1)C(C)C. The molecule has 0 saturated carbocycles. The van der Waals surface area contributed by atoms with Crippen molar-refractivity contribution >= 4 is 17.7 Å². The van der Waals surface area contributed by atoms with Crippen LogP contribution in [0.2, 0.25) is 0 Å². The van der Waals surface area contributed by atoms with E-state index in [2.05, 4.69) is 0 Å². The van der Waals surface area contributed by atoms with E-state index in [4.69, 9.17) is 5.11 Å². The Balaban J connectivity index is 3.34. The highest BCUT2D eigenvalue weighted by atomic mass is 19.4. The van der Waals surface area contributed by atoms with Crippen LogP contribution in [0.25, 0.3) is 6.08 Å². The number of carboxylic acids is 1. The Morgan fingerprint density at radius 2 is 2.00 bits per heavy atom. The molecule has 0 heterocycles. The fourth-order valence-corrected chi connectivity index (χ4v) is 2.12. The van der Waals surface area contributed by atoms with Crippen LogP contribution in [0.3, 0.4) is 0 Å². The van der Waals surface area contributed by atoms with E-state index in [1.807, 2.05) is 25.7 Å². The van der Waals surface area contributed by atoms with Gasteiger partial charge in [-0.1, -0.05) is 6.07 Å². The molecular weight excluding hydrogens is 283 g/mol. The summed E-state index contributed by atoms with van der Waals surface area (Å²) in [6.07, 6.45) is -2.88. The topological polar surface area (TPSA) is 40.5 Å². The molecule has 0 fully saturated rings. The maximum absolute atomic E-state index is 13.1. The minimum Gasteiger partial charge on any atom is -0.478 e. The van der Waals surface area contributed by atoms with Crippen LogP contribution in [0.1, 0.15) is 31.9 Å². The second-order valence-corrected chi connectivity index (χ2v) is 4.82. The first-order chi connectivity index (χ1) is 9.66. The van der Waals surface area contributed by atoms with E-state index in [-0.39, 0.29) is 11.6 Å². The Hall–Kier alpha value is -1.98. The fourth-order valence-electron chi connectivity index (χ4n) is 2.12. The molecule has 3 nitrogen and oxygen atoms in total. The van der Waals surface area contributed by atoms with Crippen molar-refractivity contribution in [1.82, 2.24) is 0 Å². The van der Waals surface area contributed by atoms with Crippen molar-refractivity contribution in [3.8, 4) is 0 Å². The first-order valence-corrected chi connectivity index (χ1v) is 6.55. The van der Waals surface area contributed by atoms with Gasteiger partial charge >= 0.3 is 12.1 Å². The minimum absolute atomic E-state index is 0.0662. The number of alkyl halides is 3. The minimum atomic E-state index is -4.54. The molecule has 0 spiro atoms. The lowest BCUT2D eigenvalue weighted by Gasteiger charge is -2.28. The molecule has 116 valence electrons. The van der Waals surface area contributed by atoms with Crippen molar-refractivity contribution in [2.75, 3.05) is 11.4 Å². The normalized spacial score (nSPS) is 12.1. The van der Waals surface area contributed by atoms with Gasteiger partial charge < -0.3 is 10.0 Å². The number of nitrogens with zero attached hydrogens (tertiary/aromatic N) is 1. The molecule has 1 aromatic carbocycles. The van der Waals surface area contributed by atoms with Gasteiger partial charge in [0.25, 0.3) is 0 Å². The van der Waals surface area contributed by atoms with E-state index in [1.165, 1.54) is 6.07 Å². The van der Waals surface area contributed by atoms with E-state index >= 15 is 0 Å². The van der Waals surface area contributed by atoms with Crippen LogP contribution in [-0.2, 0) is 11.0 Å². The van der Waals surface area contributed by atoms with E-state index in [0.29, 0.717) is 18.3 Å². The molecule has 0 aliphatic heterocycles. The molecule has 0 saturated heterocycles. The van der Waals surface area contributed by atoms with Crippen molar-refractivity contribution < 1.29 is 23.1 Å². The Morgan fingerprint density at radius 3 is 2.43 bits per heavy atom. The molecule has 6 heteroatoms. The third-order valence-corrected chi connectivity index (χ3v) is 3.04. The van der Waals surface area contributed by atoms with E-state index < -0.39 is 17.7 Å². The van der Waals surface area contributed by atoms with Crippen LogP contribution >= 0.6 is 0 Å². The molecule has 1 N–H and O–H groups in total. The number of carboxylic acid groups (broad SMARTS) is 1. The monoisotopic (exact) mass is 301 g/mol. The van der Waals surface area contributed by atoms with Gasteiger partial charge in [-0.15, -0.1) is 0 Å². The van der Waals surface area contributed by atoms with Gasteiger partial charge in [0.2, 0.25) is 0 Å². The number of anilines is 1. The summed E-state index contributed by atoms with van der Waals surface area (Å²) in [5, 5.41) is 8.55. The molecule has 1 aromatic rings. The van der Waals surface area contributed by atoms with Gasteiger partial charge in [-0.05, 0) is 44.5 Å². The number of halogens is 3. The summed E-state index contributed by atoms with van der Waals surface area (Å²) >= 11 is 0. The molecular formula is C15H18F3NO2. The molecule has 0 amide bonds. The van der Waals surface area contributed by atoms with Crippen LogP contribution in [0.5, 0.6) is 0 Å². The number of hydrogen-bond donors (Lipinski definition) is 1. The highest BCUT2D eigenvalue weighted by Crippen LogP contribution is 2.35. The van der Waals surface area contributed by atoms with Gasteiger partial charge in [-0.3, -0.25) is 0 Å². The van der Waals surface area contributed by atoms with Crippen molar-refractivity contribution in [3.63, 3.8) is 0 Å². The van der Waals surface area contributed by atoms with Gasteiger partial charge in [0.05, 0.1) is 5.56 Å². The standard InChI is InChI=1S/C15H18F3NO2/c1-4-19(10(2)3)12-7-5-11(6-8-14(20)21)13(9-12)15(16,17)18/h5-10H,4H2,1-3H3,(H,20,21)/b8-6+. The Morgan fingerprint density at radius 1 is 1.38 bits per heavy atom. The molecule has 0 aliphatic rings. The van der Waals surface area contributed by atoms with Crippen molar-refractivity contribution in [2.24, 2.45) is 0 Å². The molecule has 0 bridgehead atoms. The summed E-state index contributed by atoms with van der Waals surface area (Å²) < 4.78 is 39.4. The summed E-state index contributed by atoms with van der Waals surface area (Å²) in [6.45, 7) is 6.24. The average Bonchev–Trinajstić information content (AvgIpc) is 2.36. The zero-order valence-corrected chi connectivity index (χ0v) is 12.1. The number of benzene rings is 1. The van der Waals surface area contributed by atoms with Crippen LogP contribution in [0, 0.1) is 0 Å². The summed E-state index contributed by atoms with van der Waals surface area (Å²) in [5.74, 6) is -1.29. The number of aliphatic carboxylic acids is 1. The predicted octanol–water partition coefficient (Wildman–Crippen LogP) is 4.04. The Bertz CT molecular complexity index is 536. The Labute approximate surface area is 121 Å². The zero-order chi connectivity index (χ0) is 16.2. The lowest BCUT2D eigenvalue weighted by molar-refractivity contribution is -0.137. The smallest absolute Gasteiger partial charge is 0.417 e. The van der Waals surface area contributed by atoms with Crippen LogP contribution in [0.4, 0.5) is 18.9 Å². The van der Waals surface area contributed by atoms with Gasteiger partial charge in [0.1, 0.15) is 0 Å². The first kappa shape index (κ1) is 17.1.